The summed E-state index contributed by atoms with van der Waals surface area (Å²) in [4.78, 5) is 32.3. The molecule has 7 nitrogen and oxygen atoms in total. The number of nitrogens with one attached hydrogen (secondary N) is 2. The van der Waals surface area contributed by atoms with E-state index in [4.69, 9.17) is 5.73 Å². The van der Waals surface area contributed by atoms with E-state index in [0.29, 0.717) is 5.56 Å². The first kappa shape index (κ1) is 17.1. The standard InChI is InChI=1S/C12H11F3N4O3/c1-6(18-19-10(21)9(16)20)7-3-2-4-8(5-7)17-11(22)12(13,14)15/h2-5H,1H3,(H2,16,20)(H,17,22)(H,19,21)/b18-6+. The van der Waals surface area contributed by atoms with Crippen LogP contribution in [0.25, 0.3) is 0 Å². The number of amides is 3. The first-order valence-electron chi connectivity index (χ1n) is 5.74. The van der Waals surface area contributed by atoms with E-state index in [-0.39, 0.29) is 11.4 Å². The maximum atomic E-state index is 12.2. The summed E-state index contributed by atoms with van der Waals surface area (Å²) in [6, 6.07) is 5.34. The van der Waals surface area contributed by atoms with E-state index in [1.165, 1.54) is 31.2 Å². The van der Waals surface area contributed by atoms with E-state index in [9.17, 15) is 27.6 Å². The highest BCUT2D eigenvalue weighted by Gasteiger charge is 2.38. The summed E-state index contributed by atoms with van der Waals surface area (Å²) in [7, 11) is 0. The number of nitrogens with two attached hydrogens (primary N) is 1. The molecule has 10 heteroatoms. The summed E-state index contributed by atoms with van der Waals surface area (Å²) in [5.41, 5.74) is 6.99. The molecular formula is C12H11F3N4O3. The van der Waals surface area contributed by atoms with E-state index in [0.717, 1.165) is 0 Å². The van der Waals surface area contributed by atoms with Crippen LogP contribution < -0.4 is 16.5 Å². The minimum atomic E-state index is -5.01. The molecule has 1 aromatic carbocycles. The lowest BCUT2D eigenvalue weighted by Gasteiger charge is -2.09. The highest BCUT2D eigenvalue weighted by molar-refractivity contribution is 6.34. The topological polar surface area (TPSA) is 114 Å². The normalized spacial score (nSPS) is 11.7. The van der Waals surface area contributed by atoms with Gasteiger partial charge in [0.15, 0.2) is 0 Å². The Labute approximate surface area is 122 Å². The molecule has 1 aromatic rings. The molecule has 118 valence electrons. The summed E-state index contributed by atoms with van der Waals surface area (Å²) in [6.07, 6.45) is -5.01. The summed E-state index contributed by atoms with van der Waals surface area (Å²) in [5.74, 6) is -4.48. The fourth-order valence-corrected chi connectivity index (χ4v) is 1.28. The number of alkyl halides is 3. The van der Waals surface area contributed by atoms with Crippen molar-refractivity contribution in [3.8, 4) is 0 Å². The average Bonchev–Trinajstić information content (AvgIpc) is 2.43. The molecule has 22 heavy (non-hydrogen) atoms. The Balaban J connectivity index is 2.87. The number of carbonyl (C=O) groups is 3. The third-order valence-electron chi connectivity index (χ3n) is 2.34. The number of hydrazone groups is 1. The van der Waals surface area contributed by atoms with Gasteiger partial charge in [-0.05, 0) is 24.6 Å². The first-order valence-corrected chi connectivity index (χ1v) is 5.74. The van der Waals surface area contributed by atoms with Gasteiger partial charge in [0.05, 0.1) is 5.71 Å². The van der Waals surface area contributed by atoms with E-state index < -0.39 is 23.9 Å². The third kappa shape index (κ3) is 4.89. The van der Waals surface area contributed by atoms with Crippen LogP contribution in [0.4, 0.5) is 18.9 Å². The van der Waals surface area contributed by atoms with Crippen molar-refractivity contribution in [2.75, 3.05) is 5.32 Å². The van der Waals surface area contributed by atoms with Crippen LogP contribution >= 0.6 is 0 Å². The predicted molar refractivity (Wildman–Crippen MR) is 70.7 cm³/mol. The van der Waals surface area contributed by atoms with Crippen LogP contribution in [-0.2, 0) is 14.4 Å². The Morgan fingerprint density at radius 2 is 1.86 bits per heavy atom. The summed E-state index contributed by atoms with van der Waals surface area (Å²) >= 11 is 0. The molecule has 0 aliphatic heterocycles. The Bertz CT molecular complexity index is 641. The summed E-state index contributed by atoms with van der Waals surface area (Å²) in [5, 5.41) is 5.25. The van der Waals surface area contributed by atoms with Gasteiger partial charge in [-0.2, -0.15) is 18.3 Å². The highest BCUT2D eigenvalue weighted by atomic mass is 19.4. The third-order valence-corrected chi connectivity index (χ3v) is 2.34. The van der Waals surface area contributed by atoms with Crippen LogP contribution in [0.2, 0.25) is 0 Å². The number of hydrogen-bond donors (Lipinski definition) is 3. The van der Waals surface area contributed by atoms with Gasteiger partial charge in [-0.1, -0.05) is 12.1 Å². The molecular weight excluding hydrogens is 305 g/mol. The van der Waals surface area contributed by atoms with Gasteiger partial charge in [0.2, 0.25) is 0 Å². The number of hydrogen-bond acceptors (Lipinski definition) is 4. The predicted octanol–water partition coefficient (Wildman–Crippen LogP) is 0.513. The summed E-state index contributed by atoms with van der Waals surface area (Å²) < 4.78 is 36.5. The second kappa shape index (κ2) is 6.70. The van der Waals surface area contributed by atoms with Crippen LogP contribution in [0, 0.1) is 0 Å². The monoisotopic (exact) mass is 316 g/mol. The fraction of sp³-hybridized carbons (Fsp3) is 0.167. The molecule has 4 N–H and O–H groups in total. The van der Waals surface area contributed by atoms with E-state index in [1.54, 1.807) is 5.32 Å². The van der Waals surface area contributed by atoms with Crippen molar-refractivity contribution >= 4 is 29.1 Å². The van der Waals surface area contributed by atoms with Gasteiger partial charge in [0.1, 0.15) is 0 Å². The van der Waals surface area contributed by atoms with Gasteiger partial charge >= 0.3 is 23.9 Å². The fourth-order valence-electron chi connectivity index (χ4n) is 1.28. The minimum Gasteiger partial charge on any atom is -0.361 e. The zero-order valence-corrected chi connectivity index (χ0v) is 11.2. The molecule has 0 atom stereocenters. The number of primary amides is 1. The lowest BCUT2D eigenvalue weighted by Crippen LogP contribution is -2.33. The molecule has 0 radical (unpaired) electrons. The number of rotatable bonds is 3. The quantitative estimate of drug-likeness (QED) is 0.429. The second-order valence-electron chi connectivity index (χ2n) is 4.04. The molecule has 0 aliphatic carbocycles. The molecule has 1 rings (SSSR count). The van der Waals surface area contributed by atoms with Crippen molar-refractivity contribution in [3.05, 3.63) is 29.8 Å². The molecule has 0 saturated heterocycles. The maximum absolute atomic E-state index is 12.2. The van der Waals surface area contributed by atoms with Crippen LogP contribution in [0.1, 0.15) is 12.5 Å². The number of nitrogens with zero attached hydrogens (tertiary/aromatic N) is 1. The lowest BCUT2D eigenvalue weighted by atomic mass is 10.1. The highest BCUT2D eigenvalue weighted by Crippen LogP contribution is 2.19. The van der Waals surface area contributed by atoms with Gasteiger partial charge in [-0.15, -0.1) is 0 Å². The SMILES string of the molecule is C/C(=N\NC(=O)C(N)=O)c1cccc(NC(=O)C(F)(F)F)c1. The number of carbonyl (C=O) groups excluding carboxylic acids is 3. The number of benzene rings is 1. The molecule has 0 heterocycles. The molecule has 0 saturated carbocycles. The van der Waals surface area contributed by atoms with E-state index in [2.05, 4.69) is 5.10 Å². The van der Waals surface area contributed by atoms with E-state index in [1.807, 2.05) is 5.43 Å². The van der Waals surface area contributed by atoms with Crippen LogP contribution in [-0.4, -0.2) is 29.6 Å². The average molecular weight is 316 g/mol. The molecule has 0 bridgehead atoms. The van der Waals surface area contributed by atoms with Gasteiger partial charge in [-0.3, -0.25) is 14.4 Å². The zero-order chi connectivity index (χ0) is 16.9. The van der Waals surface area contributed by atoms with Crippen molar-refractivity contribution in [2.24, 2.45) is 10.8 Å². The molecule has 0 unspecified atom stereocenters. The van der Waals surface area contributed by atoms with Crippen LogP contribution in [0.15, 0.2) is 29.4 Å². The molecule has 0 spiro atoms. The maximum Gasteiger partial charge on any atom is 0.471 e. The molecule has 0 aliphatic rings. The second-order valence-corrected chi connectivity index (χ2v) is 4.04. The van der Waals surface area contributed by atoms with Gasteiger partial charge in [-0.25, -0.2) is 5.43 Å². The number of halogens is 3. The largest absolute Gasteiger partial charge is 0.471 e. The van der Waals surface area contributed by atoms with Crippen LogP contribution in [0.3, 0.4) is 0 Å². The van der Waals surface area contributed by atoms with Gasteiger partial charge in [0.25, 0.3) is 0 Å². The lowest BCUT2D eigenvalue weighted by molar-refractivity contribution is -0.167. The number of anilines is 1. The van der Waals surface area contributed by atoms with Crippen molar-refractivity contribution < 1.29 is 27.6 Å². The zero-order valence-electron chi connectivity index (χ0n) is 11.2. The summed E-state index contributed by atoms with van der Waals surface area (Å²) in [6.45, 7) is 1.44. The Morgan fingerprint density at radius 1 is 1.23 bits per heavy atom. The van der Waals surface area contributed by atoms with Gasteiger partial charge < -0.3 is 11.1 Å². The Kier molecular flexibility index (Phi) is 5.22. The minimum absolute atomic E-state index is 0.101. The van der Waals surface area contributed by atoms with Crippen molar-refractivity contribution in [1.29, 1.82) is 0 Å². The van der Waals surface area contributed by atoms with Crippen LogP contribution in [0.5, 0.6) is 0 Å². The Morgan fingerprint density at radius 3 is 2.41 bits per heavy atom. The van der Waals surface area contributed by atoms with Crippen molar-refractivity contribution in [3.63, 3.8) is 0 Å². The van der Waals surface area contributed by atoms with Crippen molar-refractivity contribution in [1.82, 2.24) is 5.43 Å². The first-order chi connectivity index (χ1) is 10.1. The van der Waals surface area contributed by atoms with Gasteiger partial charge in [0, 0.05) is 5.69 Å². The molecule has 0 fully saturated rings. The molecule has 0 aromatic heterocycles. The van der Waals surface area contributed by atoms with E-state index >= 15 is 0 Å². The Hall–Kier alpha value is -2.91. The molecule has 3 amide bonds. The van der Waals surface area contributed by atoms with Crippen molar-refractivity contribution in [2.45, 2.75) is 13.1 Å². The smallest absolute Gasteiger partial charge is 0.361 e.